The van der Waals surface area contributed by atoms with Gasteiger partial charge in [0.25, 0.3) is 0 Å². The summed E-state index contributed by atoms with van der Waals surface area (Å²) in [4.78, 5) is 4.67. The van der Waals surface area contributed by atoms with Crippen molar-refractivity contribution in [1.29, 1.82) is 0 Å². The highest BCUT2D eigenvalue weighted by atomic mass is 32.2. The van der Waals surface area contributed by atoms with Crippen LogP contribution in [-0.4, -0.2) is 19.2 Å². The van der Waals surface area contributed by atoms with E-state index >= 15 is 0 Å². The van der Waals surface area contributed by atoms with Crippen LogP contribution in [0.15, 0.2) is 41.4 Å². The molecule has 2 aromatic rings. The first kappa shape index (κ1) is 13.7. The maximum absolute atomic E-state index is 13.5. The van der Waals surface area contributed by atoms with E-state index in [4.69, 9.17) is 9.47 Å². The topological polar surface area (TPSA) is 31.4 Å². The van der Waals surface area contributed by atoms with Crippen LogP contribution in [0.3, 0.4) is 0 Å². The lowest BCUT2D eigenvalue weighted by atomic mass is 10.2. The second-order valence-electron chi connectivity index (χ2n) is 3.80. The number of ether oxygens (including phenoxy) is 2. The van der Waals surface area contributed by atoms with Crippen molar-refractivity contribution in [1.82, 2.24) is 4.98 Å². The Bertz CT molecular complexity index is 546. The molecule has 0 fully saturated rings. The highest BCUT2D eigenvalue weighted by Crippen LogP contribution is 2.26. The van der Waals surface area contributed by atoms with Crippen molar-refractivity contribution >= 4 is 11.8 Å². The minimum Gasteiger partial charge on any atom is -0.497 e. The van der Waals surface area contributed by atoms with Gasteiger partial charge in [0, 0.05) is 16.8 Å². The van der Waals surface area contributed by atoms with Crippen molar-refractivity contribution in [3.63, 3.8) is 0 Å². The Labute approximate surface area is 115 Å². The van der Waals surface area contributed by atoms with Crippen LogP contribution in [0, 0.1) is 5.82 Å². The molecule has 19 heavy (non-hydrogen) atoms. The van der Waals surface area contributed by atoms with Crippen LogP contribution in [0.4, 0.5) is 4.39 Å². The Morgan fingerprint density at radius 1 is 1.16 bits per heavy atom. The number of halogens is 1. The molecular weight excluding hydrogens is 265 g/mol. The summed E-state index contributed by atoms with van der Waals surface area (Å²) in [7, 11) is 3.03. The number of hydrogen-bond donors (Lipinski definition) is 0. The third-order valence-corrected chi connectivity index (χ3v) is 3.57. The van der Waals surface area contributed by atoms with Crippen molar-refractivity contribution in [3.05, 3.63) is 47.9 Å². The van der Waals surface area contributed by atoms with E-state index in [1.807, 2.05) is 24.3 Å². The molecule has 0 N–H and O–H groups in total. The number of methoxy groups -OCH3 is 2. The number of benzene rings is 1. The van der Waals surface area contributed by atoms with Crippen LogP contribution in [0.5, 0.6) is 11.6 Å². The van der Waals surface area contributed by atoms with Crippen molar-refractivity contribution in [2.24, 2.45) is 0 Å². The molecule has 5 heteroatoms. The first-order valence-corrected chi connectivity index (χ1v) is 6.66. The Morgan fingerprint density at radius 2 is 1.89 bits per heavy atom. The molecule has 1 aromatic heterocycles. The molecule has 0 radical (unpaired) electrons. The van der Waals surface area contributed by atoms with Crippen LogP contribution in [0.2, 0.25) is 0 Å². The number of rotatable bonds is 5. The van der Waals surface area contributed by atoms with Gasteiger partial charge in [0.15, 0.2) is 5.82 Å². The predicted octanol–water partition coefficient (Wildman–Crippen LogP) is 3.53. The highest BCUT2D eigenvalue weighted by Gasteiger charge is 2.05. The van der Waals surface area contributed by atoms with E-state index in [1.54, 1.807) is 13.3 Å². The maximum atomic E-state index is 13.5. The summed E-state index contributed by atoms with van der Waals surface area (Å²) in [6.45, 7) is 0. The molecule has 0 aliphatic rings. The number of pyridine rings is 1. The number of thioether (sulfide) groups is 1. The number of aromatic nitrogens is 1. The minimum absolute atomic E-state index is 0.0220. The van der Waals surface area contributed by atoms with Crippen LogP contribution >= 0.6 is 11.8 Å². The molecule has 0 aliphatic carbocycles. The minimum atomic E-state index is -0.442. The van der Waals surface area contributed by atoms with Gasteiger partial charge in [-0.2, -0.15) is 0 Å². The first-order chi connectivity index (χ1) is 9.22. The van der Waals surface area contributed by atoms with E-state index in [0.717, 1.165) is 22.0 Å². The highest BCUT2D eigenvalue weighted by molar-refractivity contribution is 7.98. The van der Waals surface area contributed by atoms with E-state index in [0.29, 0.717) is 0 Å². The smallest absolute Gasteiger partial charge is 0.250 e. The van der Waals surface area contributed by atoms with Gasteiger partial charge in [-0.15, -0.1) is 11.8 Å². The maximum Gasteiger partial charge on any atom is 0.250 e. The molecule has 2 rings (SSSR count). The fourth-order valence-corrected chi connectivity index (χ4v) is 2.37. The molecule has 0 atom stereocenters. The SMILES string of the molecule is COc1ccc(CSc2cnc(OC)c(F)c2)cc1. The largest absolute Gasteiger partial charge is 0.497 e. The van der Waals surface area contributed by atoms with Crippen LogP contribution < -0.4 is 9.47 Å². The van der Waals surface area contributed by atoms with Gasteiger partial charge in [0.05, 0.1) is 14.2 Å². The monoisotopic (exact) mass is 279 g/mol. The van der Waals surface area contributed by atoms with E-state index in [9.17, 15) is 4.39 Å². The lowest BCUT2D eigenvalue weighted by molar-refractivity contribution is 0.368. The Kier molecular flexibility index (Phi) is 4.63. The number of hydrogen-bond acceptors (Lipinski definition) is 4. The van der Waals surface area contributed by atoms with Crippen LogP contribution in [0.1, 0.15) is 5.56 Å². The van der Waals surface area contributed by atoms with Gasteiger partial charge in [-0.1, -0.05) is 12.1 Å². The van der Waals surface area contributed by atoms with Gasteiger partial charge in [0.2, 0.25) is 5.88 Å². The zero-order chi connectivity index (χ0) is 13.7. The second-order valence-corrected chi connectivity index (χ2v) is 4.85. The van der Waals surface area contributed by atoms with E-state index in [2.05, 4.69) is 4.98 Å². The van der Waals surface area contributed by atoms with Crippen LogP contribution in [-0.2, 0) is 5.75 Å². The van der Waals surface area contributed by atoms with Crippen molar-refractivity contribution in [2.75, 3.05) is 14.2 Å². The average Bonchev–Trinajstić information content (AvgIpc) is 2.46. The lowest BCUT2D eigenvalue weighted by Gasteiger charge is -2.05. The fraction of sp³-hybridized carbons (Fsp3) is 0.214. The normalized spacial score (nSPS) is 10.3. The zero-order valence-electron chi connectivity index (χ0n) is 10.7. The van der Waals surface area contributed by atoms with E-state index in [1.165, 1.54) is 24.9 Å². The van der Waals surface area contributed by atoms with E-state index < -0.39 is 5.82 Å². The molecule has 1 aromatic carbocycles. The zero-order valence-corrected chi connectivity index (χ0v) is 11.5. The third kappa shape index (κ3) is 3.61. The van der Waals surface area contributed by atoms with Crippen LogP contribution in [0.25, 0.3) is 0 Å². The Morgan fingerprint density at radius 3 is 2.47 bits per heavy atom. The summed E-state index contributed by atoms with van der Waals surface area (Å²) in [6, 6.07) is 9.21. The molecule has 0 aliphatic heterocycles. The molecule has 0 spiro atoms. The molecule has 0 bridgehead atoms. The molecule has 0 saturated heterocycles. The second kappa shape index (κ2) is 6.43. The molecule has 100 valence electrons. The summed E-state index contributed by atoms with van der Waals surface area (Å²) >= 11 is 1.52. The predicted molar refractivity (Wildman–Crippen MR) is 73.3 cm³/mol. The molecule has 0 amide bonds. The molecular formula is C14H14FNO2S. The van der Waals surface area contributed by atoms with Gasteiger partial charge in [0.1, 0.15) is 5.75 Å². The summed E-state index contributed by atoms with van der Waals surface area (Å²) in [6.07, 6.45) is 1.61. The summed E-state index contributed by atoms with van der Waals surface area (Å²) < 4.78 is 23.3. The molecule has 3 nitrogen and oxygen atoms in total. The van der Waals surface area contributed by atoms with Crippen molar-refractivity contribution in [2.45, 2.75) is 10.6 Å². The quantitative estimate of drug-likeness (QED) is 0.784. The van der Waals surface area contributed by atoms with Gasteiger partial charge in [-0.05, 0) is 23.8 Å². The summed E-state index contributed by atoms with van der Waals surface area (Å²) in [5.41, 5.74) is 1.14. The molecule has 0 saturated carbocycles. The van der Waals surface area contributed by atoms with E-state index in [-0.39, 0.29) is 5.88 Å². The lowest BCUT2D eigenvalue weighted by Crippen LogP contribution is -1.92. The van der Waals surface area contributed by atoms with Gasteiger partial charge >= 0.3 is 0 Å². The van der Waals surface area contributed by atoms with Gasteiger partial charge < -0.3 is 9.47 Å². The Balaban J connectivity index is 1.99. The third-order valence-electron chi connectivity index (χ3n) is 2.54. The standard InChI is InChI=1S/C14H14FNO2S/c1-17-11-5-3-10(4-6-11)9-19-12-7-13(15)14(18-2)16-8-12/h3-8H,9H2,1-2H3. The average molecular weight is 279 g/mol. The molecule has 0 unspecified atom stereocenters. The van der Waals surface area contributed by atoms with Crippen molar-refractivity contribution in [3.8, 4) is 11.6 Å². The summed E-state index contributed by atoms with van der Waals surface area (Å²) in [5, 5.41) is 0. The van der Waals surface area contributed by atoms with Gasteiger partial charge in [-0.25, -0.2) is 9.37 Å². The first-order valence-electron chi connectivity index (χ1n) is 5.68. The number of nitrogens with zero attached hydrogens (tertiary/aromatic N) is 1. The van der Waals surface area contributed by atoms with Gasteiger partial charge in [-0.3, -0.25) is 0 Å². The summed E-state index contributed by atoms with van der Waals surface area (Å²) in [5.74, 6) is 1.15. The van der Waals surface area contributed by atoms with Crippen molar-refractivity contribution < 1.29 is 13.9 Å². The molecule has 1 heterocycles. The fourth-order valence-electron chi connectivity index (χ4n) is 1.53. The Hall–Kier alpha value is -1.75.